The van der Waals surface area contributed by atoms with Gasteiger partial charge in [0.05, 0.1) is 12.1 Å². The number of carbonyl (C=O) groups excluding carboxylic acids is 1. The van der Waals surface area contributed by atoms with Crippen molar-refractivity contribution in [2.45, 2.75) is 33.2 Å². The second-order valence-corrected chi connectivity index (χ2v) is 4.97. The van der Waals surface area contributed by atoms with Crippen LogP contribution >= 0.6 is 0 Å². The molecule has 0 saturated heterocycles. The van der Waals surface area contributed by atoms with E-state index in [1.54, 1.807) is 16.7 Å². The second-order valence-electron chi connectivity index (χ2n) is 4.97. The van der Waals surface area contributed by atoms with Crippen LogP contribution in [0.2, 0.25) is 0 Å². The van der Waals surface area contributed by atoms with Crippen molar-refractivity contribution in [1.29, 1.82) is 0 Å². The molecule has 2 aromatic heterocycles. The van der Waals surface area contributed by atoms with E-state index in [1.807, 2.05) is 19.9 Å². The second kappa shape index (κ2) is 6.88. The van der Waals surface area contributed by atoms with Crippen LogP contribution in [-0.2, 0) is 17.8 Å². The van der Waals surface area contributed by atoms with Crippen LogP contribution in [0.4, 0.5) is 0 Å². The van der Waals surface area contributed by atoms with Gasteiger partial charge in [-0.15, -0.1) is 0 Å². The molecule has 0 aliphatic rings. The van der Waals surface area contributed by atoms with Gasteiger partial charge in [-0.1, -0.05) is 11.2 Å². The summed E-state index contributed by atoms with van der Waals surface area (Å²) in [5, 5.41) is 6.54. The molecule has 2 rings (SSSR count). The highest BCUT2D eigenvalue weighted by Crippen LogP contribution is 2.02. The topological polar surface area (TPSA) is 77.1 Å². The molecule has 0 bridgehead atoms. The van der Waals surface area contributed by atoms with Crippen LogP contribution in [0.25, 0.3) is 0 Å². The fraction of sp³-hybridized carbons (Fsp3) is 0.400. The van der Waals surface area contributed by atoms with Gasteiger partial charge in [-0.05, 0) is 26.3 Å². The van der Waals surface area contributed by atoms with Crippen molar-refractivity contribution < 1.29 is 9.32 Å². The monoisotopic (exact) mass is 289 g/mol. The van der Waals surface area contributed by atoms with E-state index in [4.69, 9.17) is 4.52 Å². The molecule has 0 unspecified atom stereocenters. The SMILES string of the molecule is Cc1cc(CC(=O)NCCCn2c(C)cccc2=O)on1. The van der Waals surface area contributed by atoms with Gasteiger partial charge in [-0.2, -0.15) is 0 Å². The van der Waals surface area contributed by atoms with Crippen molar-refractivity contribution in [2.24, 2.45) is 0 Å². The van der Waals surface area contributed by atoms with Crippen molar-refractivity contribution in [3.63, 3.8) is 0 Å². The minimum Gasteiger partial charge on any atom is -0.361 e. The van der Waals surface area contributed by atoms with Crippen molar-refractivity contribution in [1.82, 2.24) is 15.0 Å². The zero-order valence-corrected chi connectivity index (χ0v) is 12.3. The van der Waals surface area contributed by atoms with Gasteiger partial charge in [0.2, 0.25) is 5.91 Å². The van der Waals surface area contributed by atoms with Gasteiger partial charge in [-0.25, -0.2) is 0 Å². The van der Waals surface area contributed by atoms with Crippen LogP contribution in [-0.4, -0.2) is 22.2 Å². The first-order chi connectivity index (χ1) is 10.1. The van der Waals surface area contributed by atoms with Gasteiger partial charge >= 0.3 is 0 Å². The Morgan fingerprint density at radius 1 is 1.38 bits per heavy atom. The molecule has 0 radical (unpaired) electrons. The van der Waals surface area contributed by atoms with Crippen molar-refractivity contribution >= 4 is 5.91 Å². The van der Waals surface area contributed by atoms with Crippen LogP contribution in [0.1, 0.15) is 23.6 Å². The average molecular weight is 289 g/mol. The van der Waals surface area contributed by atoms with E-state index in [1.165, 1.54) is 6.07 Å². The Kier molecular flexibility index (Phi) is 4.92. The lowest BCUT2D eigenvalue weighted by atomic mass is 10.3. The molecule has 0 spiro atoms. The lowest BCUT2D eigenvalue weighted by Crippen LogP contribution is -2.28. The first-order valence-electron chi connectivity index (χ1n) is 6.91. The Hall–Kier alpha value is -2.37. The molecule has 1 N–H and O–H groups in total. The predicted octanol–water partition coefficient (Wildman–Crippen LogP) is 1.20. The summed E-state index contributed by atoms with van der Waals surface area (Å²) in [6.07, 6.45) is 0.886. The third kappa shape index (κ3) is 4.30. The number of rotatable bonds is 6. The molecule has 21 heavy (non-hydrogen) atoms. The fourth-order valence-corrected chi connectivity index (χ4v) is 2.10. The van der Waals surface area contributed by atoms with Crippen molar-refractivity contribution in [3.8, 4) is 0 Å². The maximum absolute atomic E-state index is 11.7. The third-order valence-corrected chi connectivity index (χ3v) is 3.16. The number of amides is 1. The Labute approximate surface area is 122 Å². The zero-order chi connectivity index (χ0) is 15.2. The predicted molar refractivity (Wildman–Crippen MR) is 78.0 cm³/mol. The zero-order valence-electron chi connectivity index (χ0n) is 12.3. The molecule has 0 aliphatic heterocycles. The first kappa shape index (κ1) is 15.0. The summed E-state index contributed by atoms with van der Waals surface area (Å²) in [6.45, 7) is 4.82. The van der Waals surface area contributed by atoms with E-state index in [0.717, 1.165) is 11.4 Å². The highest BCUT2D eigenvalue weighted by molar-refractivity contribution is 5.77. The van der Waals surface area contributed by atoms with Gasteiger partial charge in [0.15, 0.2) is 0 Å². The maximum atomic E-state index is 11.7. The number of carbonyl (C=O) groups is 1. The molecule has 0 aromatic carbocycles. The van der Waals surface area contributed by atoms with Crippen molar-refractivity contribution in [2.75, 3.05) is 6.54 Å². The Balaban J connectivity index is 1.74. The summed E-state index contributed by atoms with van der Waals surface area (Å²) in [4.78, 5) is 23.4. The van der Waals surface area contributed by atoms with Crippen LogP contribution < -0.4 is 10.9 Å². The number of aromatic nitrogens is 2. The number of nitrogens with one attached hydrogen (secondary N) is 1. The molecule has 0 aliphatic carbocycles. The van der Waals surface area contributed by atoms with Gasteiger partial charge in [0, 0.05) is 30.9 Å². The summed E-state index contributed by atoms with van der Waals surface area (Å²) in [5.74, 6) is 0.448. The van der Waals surface area contributed by atoms with Crippen LogP contribution in [0.3, 0.4) is 0 Å². The molecule has 2 aromatic rings. The smallest absolute Gasteiger partial charge is 0.250 e. The summed E-state index contributed by atoms with van der Waals surface area (Å²) < 4.78 is 6.69. The van der Waals surface area contributed by atoms with Gasteiger partial charge in [0.25, 0.3) is 5.56 Å². The Morgan fingerprint density at radius 3 is 2.86 bits per heavy atom. The van der Waals surface area contributed by atoms with Gasteiger partial charge in [-0.3, -0.25) is 9.59 Å². The van der Waals surface area contributed by atoms with E-state index in [-0.39, 0.29) is 17.9 Å². The van der Waals surface area contributed by atoms with E-state index in [0.29, 0.717) is 25.3 Å². The molecule has 1 amide bonds. The lowest BCUT2D eigenvalue weighted by Gasteiger charge is -2.09. The van der Waals surface area contributed by atoms with E-state index >= 15 is 0 Å². The molecule has 0 atom stereocenters. The maximum Gasteiger partial charge on any atom is 0.250 e. The van der Waals surface area contributed by atoms with Crippen LogP contribution in [0, 0.1) is 13.8 Å². The molecule has 6 nitrogen and oxygen atoms in total. The minimum absolute atomic E-state index is 0.0153. The van der Waals surface area contributed by atoms with Gasteiger partial charge < -0.3 is 14.4 Å². The normalized spacial score (nSPS) is 10.6. The average Bonchev–Trinajstić information content (AvgIpc) is 2.82. The minimum atomic E-state index is -0.108. The summed E-state index contributed by atoms with van der Waals surface area (Å²) in [6, 6.07) is 6.92. The molecule has 0 saturated carbocycles. The van der Waals surface area contributed by atoms with Crippen LogP contribution in [0.5, 0.6) is 0 Å². The summed E-state index contributed by atoms with van der Waals surface area (Å²) in [5.41, 5.74) is 1.67. The number of hydrogen-bond donors (Lipinski definition) is 1. The third-order valence-electron chi connectivity index (χ3n) is 3.16. The first-order valence-corrected chi connectivity index (χ1v) is 6.91. The van der Waals surface area contributed by atoms with Crippen LogP contribution in [0.15, 0.2) is 33.6 Å². The molecule has 2 heterocycles. The summed E-state index contributed by atoms with van der Waals surface area (Å²) in [7, 11) is 0. The molecule has 6 heteroatoms. The fourth-order valence-electron chi connectivity index (χ4n) is 2.10. The summed E-state index contributed by atoms with van der Waals surface area (Å²) >= 11 is 0. The van der Waals surface area contributed by atoms with E-state index in [2.05, 4.69) is 10.5 Å². The largest absolute Gasteiger partial charge is 0.361 e. The van der Waals surface area contributed by atoms with E-state index in [9.17, 15) is 9.59 Å². The number of aryl methyl sites for hydroxylation is 2. The molecule has 112 valence electrons. The van der Waals surface area contributed by atoms with Crippen molar-refractivity contribution in [3.05, 3.63) is 51.8 Å². The molecular weight excluding hydrogens is 270 g/mol. The highest BCUT2D eigenvalue weighted by atomic mass is 16.5. The number of nitrogens with zero attached hydrogens (tertiary/aromatic N) is 2. The number of pyridine rings is 1. The Morgan fingerprint density at radius 2 is 2.19 bits per heavy atom. The standard InChI is InChI=1S/C15H19N3O3/c1-11-9-13(21-17-11)10-14(19)16-7-4-8-18-12(2)5-3-6-15(18)20/h3,5-6,9H,4,7-8,10H2,1-2H3,(H,16,19). The van der Waals surface area contributed by atoms with Gasteiger partial charge in [0.1, 0.15) is 5.76 Å². The number of hydrogen-bond acceptors (Lipinski definition) is 4. The highest BCUT2D eigenvalue weighted by Gasteiger charge is 2.07. The van der Waals surface area contributed by atoms with E-state index < -0.39 is 0 Å². The Bertz CT molecular complexity index is 673. The quantitative estimate of drug-likeness (QED) is 0.811. The lowest BCUT2D eigenvalue weighted by molar-refractivity contribution is -0.120. The molecule has 0 fully saturated rings. The molecular formula is C15H19N3O3.